The van der Waals surface area contributed by atoms with Gasteiger partial charge < -0.3 is 0 Å². The molecule has 0 amide bonds. The van der Waals surface area contributed by atoms with E-state index in [1.807, 2.05) is 0 Å². The zero-order valence-corrected chi connectivity index (χ0v) is 34.5. The summed E-state index contributed by atoms with van der Waals surface area (Å²) in [6, 6.07) is 0. The van der Waals surface area contributed by atoms with Crippen molar-refractivity contribution < 1.29 is 19.0 Å². The minimum atomic E-state index is -2.81. The number of ether oxygens (including phenoxy) is 2. The Morgan fingerprint density at radius 3 is 2.07 bits per heavy atom. The zero-order chi connectivity index (χ0) is 32.8. The monoisotopic (exact) mass is 728 g/mol. The van der Waals surface area contributed by atoms with Crippen LogP contribution in [0.2, 0.25) is 31.4 Å². The number of hydrogen-bond donors (Lipinski definition) is 1. The van der Waals surface area contributed by atoms with Gasteiger partial charge in [0.1, 0.15) is 0 Å². The van der Waals surface area contributed by atoms with E-state index in [2.05, 4.69) is 94.1 Å². The van der Waals surface area contributed by atoms with Crippen molar-refractivity contribution in [3.8, 4) is 0 Å². The van der Waals surface area contributed by atoms with Gasteiger partial charge in [-0.2, -0.15) is 0 Å². The van der Waals surface area contributed by atoms with Crippen LogP contribution >= 0.6 is 0 Å². The summed E-state index contributed by atoms with van der Waals surface area (Å²) < 4.78 is 24.2. The molecule has 0 fully saturated rings. The molecule has 0 heterocycles. The molecule has 0 saturated heterocycles. The number of hydrogen-bond acceptors (Lipinski definition) is 4. The molecular weight excluding hydrogens is 655 g/mol. The van der Waals surface area contributed by atoms with Crippen molar-refractivity contribution in [1.29, 1.82) is 0 Å². The van der Waals surface area contributed by atoms with Gasteiger partial charge in [0.2, 0.25) is 0 Å². The van der Waals surface area contributed by atoms with Crippen LogP contribution in [0, 0.1) is 17.8 Å². The molecule has 5 atom stereocenters. The first-order chi connectivity index (χ1) is 20.1. The van der Waals surface area contributed by atoms with Crippen molar-refractivity contribution >= 4 is 26.7 Å². The third-order valence-electron chi connectivity index (χ3n) is 10.7. The Morgan fingerprint density at radius 2 is 1.63 bits per heavy atom. The SMILES string of the molecule is C=C(C)[C@@H]1CC(C)=C[C@@H](OCOC)C1C(C)C(O)/C=[C](\CCO[Si](C)(C)C(C)(C)C)[Sn]([CH2]CCC)([CH2]CCC)[CH2]CCC. The van der Waals surface area contributed by atoms with Crippen molar-refractivity contribution in [3.05, 3.63) is 33.5 Å². The van der Waals surface area contributed by atoms with Gasteiger partial charge in [-0.1, -0.05) is 0 Å². The number of rotatable bonds is 21. The summed E-state index contributed by atoms with van der Waals surface area (Å²) in [5.74, 6) is 0.472. The summed E-state index contributed by atoms with van der Waals surface area (Å²) >= 11 is -2.81. The quantitative estimate of drug-likeness (QED) is 0.0727. The number of aliphatic hydroxyl groups is 1. The first-order valence-corrected chi connectivity index (χ1v) is 28.0. The topological polar surface area (TPSA) is 47.9 Å². The normalized spacial score (nSPS) is 21.9. The number of methoxy groups -OCH3 is 1. The van der Waals surface area contributed by atoms with Crippen LogP contribution in [-0.2, 0) is 13.9 Å². The molecular formula is C37H72O4SiSn. The van der Waals surface area contributed by atoms with E-state index >= 15 is 0 Å². The van der Waals surface area contributed by atoms with Crippen molar-refractivity contribution in [1.82, 2.24) is 0 Å². The first-order valence-electron chi connectivity index (χ1n) is 17.6. The van der Waals surface area contributed by atoms with Gasteiger partial charge in [0.15, 0.2) is 0 Å². The Labute approximate surface area is 273 Å². The molecule has 43 heavy (non-hydrogen) atoms. The second-order valence-electron chi connectivity index (χ2n) is 15.3. The van der Waals surface area contributed by atoms with Gasteiger partial charge in [0.05, 0.1) is 0 Å². The van der Waals surface area contributed by atoms with Gasteiger partial charge in [-0.3, -0.25) is 0 Å². The van der Waals surface area contributed by atoms with Gasteiger partial charge in [0, 0.05) is 0 Å². The molecule has 0 aliphatic heterocycles. The molecule has 252 valence electrons. The fourth-order valence-corrected chi connectivity index (χ4v) is 24.9. The average molecular weight is 728 g/mol. The molecule has 0 radical (unpaired) electrons. The molecule has 6 heteroatoms. The first kappa shape index (κ1) is 41.1. The van der Waals surface area contributed by atoms with Crippen LogP contribution in [0.3, 0.4) is 0 Å². The molecule has 0 spiro atoms. The third kappa shape index (κ3) is 12.7. The van der Waals surface area contributed by atoms with E-state index in [9.17, 15) is 5.11 Å². The summed E-state index contributed by atoms with van der Waals surface area (Å²) in [4.78, 5) is 0. The van der Waals surface area contributed by atoms with Crippen LogP contribution in [0.25, 0.3) is 0 Å². The van der Waals surface area contributed by atoms with Gasteiger partial charge in [-0.15, -0.1) is 0 Å². The molecule has 1 aliphatic carbocycles. The average Bonchev–Trinajstić information content (AvgIpc) is 2.93. The van der Waals surface area contributed by atoms with Gasteiger partial charge in [-0.05, 0) is 0 Å². The molecule has 1 aliphatic rings. The predicted molar refractivity (Wildman–Crippen MR) is 193 cm³/mol. The fraction of sp³-hybridized carbons (Fsp3) is 0.838. The summed E-state index contributed by atoms with van der Waals surface area (Å²) in [6.07, 6.45) is 13.7. The molecule has 4 nitrogen and oxygen atoms in total. The predicted octanol–water partition coefficient (Wildman–Crippen LogP) is 10.9. The molecule has 0 aromatic carbocycles. The van der Waals surface area contributed by atoms with Gasteiger partial charge in [-0.25, -0.2) is 0 Å². The molecule has 1 N–H and O–H groups in total. The second-order valence-corrected chi connectivity index (χ2v) is 33.5. The van der Waals surface area contributed by atoms with Crippen molar-refractivity contribution in [2.45, 2.75) is 157 Å². The number of aliphatic hydroxyl groups excluding tert-OH is 1. The molecule has 0 saturated carbocycles. The molecule has 0 aromatic heterocycles. The van der Waals surface area contributed by atoms with E-state index < -0.39 is 32.8 Å². The summed E-state index contributed by atoms with van der Waals surface area (Å²) in [5, 5.41) is 12.4. The Kier molecular flexibility index (Phi) is 18.8. The summed E-state index contributed by atoms with van der Waals surface area (Å²) in [6.45, 7) is 30.7. The molecule has 3 unspecified atom stereocenters. The van der Waals surface area contributed by atoms with Crippen molar-refractivity contribution in [2.24, 2.45) is 17.8 Å². The molecule has 0 bridgehead atoms. The van der Waals surface area contributed by atoms with E-state index in [-0.39, 0.29) is 35.7 Å². The van der Waals surface area contributed by atoms with E-state index in [1.165, 1.54) is 63.0 Å². The van der Waals surface area contributed by atoms with Crippen LogP contribution in [0.5, 0.6) is 0 Å². The van der Waals surface area contributed by atoms with E-state index in [4.69, 9.17) is 13.9 Å². The van der Waals surface area contributed by atoms with Gasteiger partial charge in [0.25, 0.3) is 0 Å². The van der Waals surface area contributed by atoms with Crippen molar-refractivity contribution in [3.63, 3.8) is 0 Å². The van der Waals surface area contributed by atoms with Crippen LogP contribution < -0.4 is 0 Å². The Morgan fingerprint density at radius 1 is 1.09 bits per heavy atom. The maximum atomic E-state index is 12.2. The van der Waals surface area contributed by atoms with Crippen LogP contribution in [0.15, 0.2) is 33.5 Å². The third-order valence-corrected chi connectivity index (χ3v) is 31.6. The number of allylic oxidation sites excluding steroid dienone is 2. The van der Waals surface area contributed by atoms with E-state index in [1.54, 1.807) is 10.7 Å². The Balaban J connectivity index is 3.62. The maximum absolute atomic E-state index is 12.2. The van der Waals surface area contributed by atoms with Gasteiger partial charge >= 0.3 is 275 Å². The minimum absolute atomic E-state index is 0.0386. The number of unbranched alkanes of at least 4 members (excludes halogenated alkanes) is 3. The van der Waals surface area contributed by atoms with E-state index in [0.29, 0.717) is 0 Å². The van der Waals surface area contributed by atoms with Crippen LogP contribution in [0.4, 0.5) is 0 Å². The summed E-state index contributed by atoms with van der Waals surface area (Å²) in [5.41, 5.74) is 2.51. The Hall–Kier alpha value is 0.0756. The standard InChI is InChI=1S/C25H45O4Si.3C4H9.Sn/c1-18(2)21-15-19(3)16-23(28-17-27-8)24(21)20(4)22(26)13-11-12-14-29-30(9,10)25(5,6)7;3*1-3-4-2;/h13,16,20-24,26H,1,12,14-15,17H2,2-10H3;3*1,3-4H2,2H3;/t20?,21-,22?,23+,24?;;;;/m0..../s1. The van der Waals surface area contributed by atoms with Crippen molar-refractivity contribution in [2.75, 3.05) is 20.5 Å². The summed E-state index contributed by atoms with van der Waals surface area (Å²) in [7, 11) is -0.177. The second kappa shape index (κ2) is 19.7. The van der Waals surface area contributed by atoms with Crippen LogP contribution in [0.1, 0.15) is 114 Å². The van der Waals surface area contributed by atoms with Crippen LogP contribution in [-0.4, -0.2) is 64.5 Å². The Bertz CT molecular complexity index is 853. The molecule has 0 aromatic rings. The fourth-order valence-electron chi connectivity index (χ4n) is 6.79. The molecule has 1 rings (SSSR count). The van der Waals surface area contributed by atoms with E-state index in [0.717, 1.165) is 19.4 Å². The zero-order valence-electron chi connectivity index (χ0n) is 30.6.